The van der Waals surface area contributed by atoms with Gasteiger partial charge in [0.1, 0.15) is 13.5 Å². The van der Waals surface area contributed by atoms with E-state index in [1.54, 1.807) is 0 Å². The maximum atomic E-state index is 12.1. The van der Waals surface area contributed by atoms with Gasteiger partial charge in [-0.05, 0) is 45.3 Å². The molecule has 0 heterocycles. The van der Waals surface area contributed by atoms with E-state index in [9.17, 15) is 4.79 Å². The first kappa shape index (κ1) is 22.6. The van der Waals surface area contributed by atoms with Crippen LogP contribution in [0.3, 0.4) is 0 Å². The molecular weight excluding hydrogens is 277 g/mol. The van der Waals surface area contributed by atoms with E-state index in [0.717, 1.165) is 10.7 Å². The fourth-order valence-electron chi connectivity index (χ4n) is 4.06. The molecule has 0 saturated heterocycles. The predicted molar refractivity (Wildman–Crippen MR) is 113 cm³/mol. The molecule has 128 valence electrons. The monoisotopic (exact) mass is 316 g/mol. The van der Waals surface area contributed by atoms with E-state index in [2.05, 4.69) is 77.9 Å². The quantitative estimate of drug-likeness (QED) is 0.462. The maximum absolute atomic E-state index is 12.1. The van der Waals surface area contributed by atoms with E-state index in [0.29, 0.717) is 18.7 Å². The molecule has 0 N–H and O–H groups in total. The van der Waals surface area contributed by atoms with Crippen LogP contribution in [0.15, 0.2) is 12.1 Å². The second-order valence-corrected chi connectivity index (χ2v) is 10.4. The lowest BCUT2D eigenvalue weighted by molar-refractivity contribution is -0.812. The van der Waals surface area contributed by atoms with Crippen LogP contribution in [0.2, 0.25) is 5.31 Å². The molecule has 6 heteroatoms. The largest absolute Gasteiger partial charge is 0.469 e. The summed E-state index contributed by atoms with van der Waals surface area (Å²) in [6, 6.07) is 0. The third-order valence-electron chi connectivity index (χ3n) is 5.96. The van der Waals surface area contributed by atoms with Gasteiger partial charge in [0.25, 0.3) is 0 Å². The molecule has 0 rings (SSSR count). The zero-order chi connectivity index (χ0) is 18.9. The SMILES string of the molecule is BC(=C)C(=O)BC(C)(C)CC(C)(C)[N+](B)(B)C(C)(C)CC(C)C. The Kier molecular flexibility index (Phi) is 7.13. The van der Waals surface area contributed by atoms with Gasteiger partial charge in [0.05, 0.1) is 11.1 Å². The van der Waals surface area contributed by atoms with Crippen molar-refractivity contribution in [2.75, 3.05) is 0 Å². The van der Waals surface area contributed by atoms with Gasteiger partial charge in [0.2, 0.25) is 7.28 Å². The predicted octanol–water partition coefficient (Wildman–Crippen LogP) is 1.20. The van der Waals surface area contributed by atoms with Crippen LogP contribution in [0.1, 0.15) is 68.2 Å². The standard InChI is InChI=1S/C17H38B4NO/c1-12(2)10-16(6,7)22(19,20)17(8,9)11-15(4,5)21-14(23)13(3)18/h12,21H,3,10-11,18-20H2,1-2,4-9H3/q+1. The van der Waals surface area contributed by atoms with Crippen molar-refractivity contribution in [3.63, 3.8) is 0 Å². The van der Waals surface area contributed by atoms with Gasteiger partial charge in [-0.25, -0.2) is 0 Å². The molecule has 0 unspecified atom stereocenters. The average molecular weight is 316 g/mol. The molecule has 0 spiro atoms. The third kappa shape index (κ3) is 5.89. The minimum absolute atomic E-state index is 0.0248. The molecule has 0 aromatic heterocycles. The molecule has 0 fully saturated rings. The molecule has 0 aromatic carbocycles. The Bertz CT molecular complexity index is 454. The van der Waals surface area contributed by atoms with E-state index in [1.807, 2.05) is 7.85 Å². The van der Waals surface area contributed by atoms with Crippen LogP contribution in [-0.2, 0) is 4.79 Å². The first-order valence-electron chi connectivity index (χ1n) is 8.98. The van der Waals surface area contributed by atoms with Crippen LogP contribution in [-0.4, -0.2) is 52.2 Å². The van der Waals surface area contributed by atoms with E-state index in [1.165, 1.54) is 6.42 Å². The van der Waals surface area contributed by atoms with E-state index in [4.69, 9.17) is 0 Å². The van der Waals surface area contributed by atoms with Crippen LogP contribution in [0, 0.1) is 5.92 Å². The lowest BCUT2D eigenvalue weighted by Crippen LogP contribution is -2.69. The van der Waals surface area contributed by atoms with Crippen molar-refractivity contribution < 1.29 is 9.10 Å². The smallest absolute Gasteiger partial charge is 0.352 e. The number of nitrogens with zero attached hydrogens (tertiary/aromatic N) is 1. The summed E-state index contributed by atoms with van der Waals surface area (Å²) in [5.41, 5.74) is 1.13. The van der Waals surface area contributed by atoms with Gasteiger partial charge >= 0.3 is 16.0 Å². The Hall–Kier alpha value is -0.370. The summed E-state index contributed by atoms with van der Waals surface area (Å²) in [5, 5.41) is -0.0248. The van der Waals surface area contributed by atoms with Gasteiger partial charge < -0.3 is 9.10 Å². The molecule has 0 aromatic rings. The molecule has 0 radical (unpaired) electrons. The Labute approximate surface area is 149 Å². The zero-order valence-corrected chi connectivity index (χ0v) is 17.8. The number of hydrogen-bond acceptors (Lipinski definition) is 1. The number of carbonyl (C=O) groups is 1. The highest BCUT2D eigenvalue weighted by Gasteiger charge is 2.47. The fourth-order valence-corrected chi connectivity index (χ4v) is 4.06. The van der Waals surface area contributed by atoms with E-state index >= 15 is 0 Å². The van der Waals surface area contributed by atoms with Crippen LogP contribution < -0.4 is 0 Å². The molecule has 0 saturated carbocycles. The molecule has 0 aliphatic rings. The van der Waals surface area contributed by atoms with Crippen molar-refractivity contribution in [2.24, 2.45) is 5.92 Å². The molecule has 0 atom stereocenters. The van der Waals surface area contributed by atoms with Gasteiger partial charge in [0.15, 0.2) is 0 Å². The molecular formula is C17H38B4NO+. The summed E-state index contributed by atoms with van der Waals surface area (Å²) in [5.74, 6) is 0.677. The molecule has 0 amide bonds. The number of rotatable bonds is 9. The van der Waals surface area contributed by atoms with Gasteiger partial charge in [-0.3, -0.25) is 0 Å². The lowest BCUT2D eigenvalue weighted by Gasteiger charge is -2.60. The third-order valence-corrected chi connectivity index (χ3v) is 5.96. The number of carbonyl (C=O) groups excluding carboxylic acids is 1. The Morgan fingerprint density at radius 3 is 1.87 bits per heavy atom. The highest BCUT2D eigenvalue weighted by Crippen LogP contribution is 2.43. The number of hydrogen-bond donors (Lipinski definition) is 0. The van der Waals surface area contributed by atoms with Gasteiger partial charge in [-0.2, -0.15) is 0 Å². The Balaban J connectivity index is 5.37. The second-order valence-electron chi connectivity index (χ2n) is 10.4. The molecule has 0 aliphatic carbocycles. The topological polar surface area (TPSA) is 17.1 Å². The van der Waals surface area contributed by atoms with Crippen LogP contribution in [0.4, 0.5) is 0 Å². The van der Waals surface area contributed by atoms with Gasteiger partial charge in [-0.1, -0.05) is 33.2 Å². The van der Waals surface area contributed by atoms with Crippen LogP contribution in [0.25, 0.3) is 0 Å². The number of allylic oxidation sites excluding steroid dienone is 1. The van der Waals surface area contributed by atoms with Crippen molar-refractivity contribution in [2.45, 2.75) is 84.6 Å². The summed E-state index contributed by atoms with van der Waals surface area (Å²) in [6.07, 6.45) is 2.20. The van der Waals surface area contributed by atoms with E-state index in [-0.39, 0.29) is 22.1 Å². The van der Waals surface area contributed by atoms with Crippen molar-refractivity contribution in [3.8, 4) is 0 Å². The molecule has 0 bridgehead atoms. The molecule has 2 nitrogen and oxygen atoms in total. The Morgan fingerprint density at radius 1 is 1.09 bits per heavy atom. The summed E-state index contributed by atoms with van der Waals surface area (Å²) in [4.78, 5) is 12.1. The van der Waals surface area contributed by atoms with Crippen LogP contribution >= 0.6 is 0 Å². The lowest BCUT2D eigenvalue weighted by atomic mass is 9.46. The Morgan fingerprint density at radius 2 is 1.52 bits per heavy atom. The highest BCUT2D eigenvalue weighted by molar-refractivity contribution is 6.82. The normalized spacial score (nSPS) is 14.0. The molecule has 23 heavy (non-hydrogen) atoms. The summed E-state index contributed by atoms with van der Waals surface area (Å²) >= 11 is 0. The van der Waals surface area contributed by atoms with Crippen molar-refractivity contribution in [3.05, 3.63) is 12.1 Å². The minimum Gasteiger partial charge on any atom is -0.469 e. The fraction of sp³-hybridized carbons (Fsp3) is 0.824. The van der Waals surface area contributed by atoms with E-state index < -0.39 is 0 Å². The van der Waals surface area contributed by atoms with Crippen molar-refractivity contribution in [1.29, 1.82) is 0 Å². The van der Waals surface area contributed by atoms with Gasteiger partial charge in [0, 0.05) is 6.42 Å². The highest BCUT2D eigenvalue weighted by atomic mass is 16.1. The van der Waals surface area contributed by atoms with Crippen molar-refractivity contribution in [1.82, 2.24) is 0 Å². The maximum Gasteiger partial charge on any atom is 0.352 e. The number of quaternary nitrogens is 1. The summed E-state index contributed by atoms with van der Waals surface area (Å²) < 4.78 is 0.947. The zero-order valence-electron chi connectivity index (χ0n) is 17.8. The molecule has 0 aliphatic heterocycles. The first-order chi connectivity index (χ1) is 9.95. The van der Waals surface area contributed by atoms with Crippen molar-refractivity contribution >= 4 is 36.8 Å². The average Bonchev–Trinajstić information content (AvgIpc) is 2.23. The second kappa shape index (κ2) is 7.25. The van der Waals surface area contributed by atoms with Crippen LogP contribution in [0.5, 0.6) is 0 Å². The van der Waals surface area contributed by atoms with Gasteiger partial charge in [-0.15, -0.1) is 6.58 Å². The summed E-state index contributed by atoms with van der Waals surface area (Å²) in [7, 11) is 7.09. The first-order valence-corrected chi connectivity index (χ1v) is 8.98. The minimum atomic E-state index is -0.0248. The summed E-state index contributed by atoms with van der Waals surface area (Å²) in [6.45, 7) is 22.3.